The highest BCUT2D eigenvalue weighted by Crippen LogP contribution is 2.18. The van der Waals surface area contributed by atoms with Crippen LogP contribution in [0.3, 0.4) is 0 Å². The molecule has 0 aliphatic heterocycles. The minimum absolute atomic E-state index is 0.145. The zero-order chi connectivity index (χ0) is 19.4. The topological polar surface area (TPSA) is 50.2 Å². The number of carbonyl (C=O) groups excluding carboxylic acids is 1. The van der Waals surface area contributed by atoms with Crippen molar-refractivity contribution in [3.05, 3.63) is 77.2 Å². The zero-order valence-electron chi connectivity index (χ0n) is 15.7. The SMILES string of the molecule is Cc1ccc(-n2nc(C)cc2NC(=O)CN(C)Cc2ccccc2F)cc1. The third kappa shape index (κ3) is 4.80. The molecule has 27 heavy (non-hydrogen) atoms. The zero-order valence-corrected chi connectivity index (χ0v) is 15.7. The van der Waals surface area contributed by atoms with Gasteiger partial charge in [-0.25, -0.2) is 9.07 Å². The van der Waals surface area contributed by atoms with E-state index in [2.05, 4.69) is 10.4 Å². The Morgan fingerprint density at radius 3 is 2.56 bits per heavy atom. The molecule has 1 aromatic heterocycles. The van der Waals surface area contributed by atoms with Crippen LogP contribution in [0.25, 0.3) is 5.69 Å². The van der Waals surface area contributed by atoms with E-state index in [9.17, 15) is 9.18 Å². The minimum atomic E-state index is -0.266. The van der Waals surface area contributed by atoms with E-state index >= 15 is 0 Å². The number of amides is 1. The highest BCUT2D eigenvalue weighted by atomic mass is 19.1. The number of halogens is 1. The standard InChI is InChI=1S/C21H23FN4O/c1-15-8-10-18(11-9-15)26-20(12-16(2)24-26)23-21(27)14-25(3)13-17-6-4-5-7-19(17)22/h4-12H,13-14H2,1-3H3,(H,23,27). The molecular weight excluding hydrogens is 343 g/mol. The number of hydrogen-bond donors (Lipinski definition) is 1. The van der Waals surface area contributed by atoms with Crippen molar-refractivity contribution in [2.24, 2.45) is 0 Å². The summed E-state index contributed by atoms with van der Waals surface area (Å²) in [6.07, 6.45) is 0. The normalized spacial score (nSPS) is 11.0. The molecule has 0 atom stereocenters. The smallest absolute Gasteiger partial charge is 0.239 e. The molecule has 6 heteroatoms. The monoisotopic (exact) mass is 366 g/mol. The number of rotatable bonds is 6. The summed E-state index contributed by atoms with van der Waals surface area (Å²) in [6.45, 7) is 4.40. The molecule has 0 aliphatic carbocycles. The van der Waals surface area contributed by atoms with Crippen molar-refractivity contribution in [3.63, 3.8) is 0 Å². The first kappa shape index (κ1) is 18.8. The molecule has 0 aliphatic rings. The molecule has 0 radical (unpaired) electrons. The van der Waals surface area contributed by atoms with E-state index < -0.39 is 0 Å². The Morgan fingerprint density at radius 1 is 1.15 bits per heavy atom. The number of aryl methyl sites for hydroxylation is 2. The van der Waals surface area contributed by atoms with Crippen molar-refractivity contribution >= 4 is 11.7 Å². The molecule has 1 heterocycles. The van der Waals surface area contributed by atoms with Crippen LogP contribution in [-0.2, 0) is 11.3 Å². The van der Waals surface area contributed by atoms with Gasteiger partial charge in [-0.3, -0.25) is 9.69 Å². The van der Waals surface area contributed by atoms with E-state index in [0.717, 1.165) is 16.9 Å². The van der Waals surface area contributed by atoms with Crippen LogP contribution in [0, 0.1) is 19.7 Å². The van der Waals surface area contributed by atoms with Gasteiger partial charge in [-0.15, -0.1) is 0 Å². The number of aromatic nitrogens is 2. The minimum Gasteiger partial charge on any atom is -0.309 e. The Kier molecular flexibility index (Phi) is 5.66. The van der Waals surface area contributed by atoms with Gasteiger partial charge in [-0.1, -0.05) is 35.9 Å². The lowest BCUT2D eigenvalue weighted by molar-refractivity contribution is -0.117. The first-order valence-corrected chi connectivity index (χ1v) is 8.78. The van der Waals surface area contributed by atoms with E-state index in [0.29, 0.717) is 17.9 Å². The molecule has 0 unspecified atom stereocenters. The lowest BCUT2D eigenvalue weighted by Gasteiger charge is -2.17. The Bertz CT molecular complexity index is 934. The second kappa shape index (κ2) is 8.14. The summed E-state index contributed by atoms with van der Waals surface area (Å²) in [5, 5.41) is 7.36. The van der Waals surface area contributed by atoms with Gasteiger partial charge in [0.1, 0.15) is 11.6 Å². The summed E-state index contributed by atoms with van der Waals surface area (Å²) in [4.78, 5) is 14.2. The van der Waals surface area contributed by atoms with Crippen molar-refractivity contribution in [1.82, 2.24) is 14.7 Å². The summed E-state index contributed by atoms with van der Waals surface area (Å²) in [7, 11) is 1.79. The van der Waals surface area contributed by atoms with Crippen LogP contribution in [0.15, 0.2) is 54.6 Å². The summed E-state index contributed by atoms with van der Waals surface area (Å²) >= 11 is 0. The Morgan fingerprint density at radius 2 is 1.85 bits per heavy atom. The van der Waals surface area contributed by atoms with E-state index in [-0.39, 0.29) is 18.3 Å². The van der Waals surface area contributed by atoms with Crippen LogP contribution in [0.1, 0.15) is 16.8 Å². The van der Waals surface area contributed by atoms with Gasteiger partial charge < -0.3 is 5.32 Å². The van der Waals surface area contributed by atoms with Gasteiger partial charge in [0.25, 0.3) is 0 Å². The van der Waals surface area contributed by atoms with Crippen LogP contribution in [0.5, 0.6) is 0 Å². The fourth-order valence-corrected chi connectivity index (χ4v) is 2.87. The molecule has 0 saturated carbocycles. The number of anilines is 1. The average Bonchev–Trinajstić information content (AvgIpc) is 2.97. The number of nitrogens with one attached hydrogen (secondary N) is 1. The highest BCUT2D eigenvalue weighted by molar-refractivity contribution is 5.91. The molecule has 1 N–H and O–H groups in total. The molecule has 1 amide bonds. The van der Waals surface area contributed by atoms with Crippen LogP contribution >= 0.6 is 0 Å². The molecule has 3 rings (SSSR count). The Hall–Kier alpha value is -2.99. The number of benzene rings is 2. The van der Waals surface area contributed by atoms with Crippen LogP contribution in [0.4, 0.5) is 10.2 Å². The molecule has 5 nitrogen and oxygen atoms in total. The summed E-state index contributed by atoms with van der Waals surface area (Å²) in [6, 6.07) is 16.3. The molecule has 0 saturated heterocycles. The predicted molar refractivity (Wildman–Crippen MR) is 104 cm³/mol. The number of nitrogens with zero attached hydrogens (tertiary/aromatic N) is 3. The van der Waals surface area contributed by atoms with E-state index in [1.165, 1.54) is 6.07 Å². The van der Waals surface area contributed by atoms with Crippen molar-refractivity contribution in [2.45, 2.75) is 20.4 Å². The molecule has 3 aromatic rings. The maximum Gasteiger partial charge on any atom is 0.239 e. The first-order chi connectivity index (χ1) is 12.9. The molecule has 2 aromatic carbocycles. The number of hydrogen-bond acceptors (Lipinski definition) is 3. The van der Waals surface area contributed by atoms with E-state index in [1.807, 2.05) is 44.2 Å². The van der Waals surface area contributed by atoms with Crippen molar-refractivity contribution in [1.29, 1.82) is 0 Å². The predicted octanol–water partition coefficient (Wildman–Crippen LogP) is 3.70. The largest absolute Gasteiger partial charge is 0.309 e. The van der Waals surface area contributed by atoms with E-state index in [4.69, 9.17) is 0 Å². The Labute approximate surface area is 158 Å². The summed E-state index contributed by atoms with van der Waals surface area (Å²) < 4.78 is 15.5. The summed E-state index contributed by atoms with van der Waals surface area (Å²) in [5.41, 5.74) is 3.41. The third-order valence-electron chi connectivity index (χ3n) is 4.19. The number of carbonyl (C=O) groups is 1. The molecule has 0 fully saturated rings. The van der Waals surface area contributed by atoms with Gasteiger partial charge in [0.05, 0.1) is 17.9 Å². The van der Waals surface area contributed by atoms with E-state index in [1.54, 1.807) is 34.8 Å². The maximum absolute atomic E-state index is 13.8. The van der Waals surface area contributed by atoms with Gasteiger partial charge in [-0.2, -0.15) is 5.10 Å². The van der Waals surface area contributed by atoms with Crippen molar-refractivity contribution in [3.8, 4) is 5.69 Å². The molecule has 140 valence electrons. The first-order valence-electron chi connectivity index (χ1n) is 8.78. The maximum atomic E-state index is 13.8. The fourth-order valence-electron chi connectivity index (χ4n) is 2.87. The second-order valence-corrected chi connectivity index (χ2v) is 6.73. The van der Waals surface area contributed by atoms with Gasteiger partial charge in [0, 0.05) is 18.2 Å². The molecular formula is C21H23FN4O. The van der Waals surface area contributed by atoms with Gasteiger partial charge in [-0.05, 0) is 39.1 Å². The number of likely N-dealkylation sites (N-methyl/N-ethyl adjacent to an activating group) is 1. The average molecular weight is 366 g/mol. The van der Waals surface area contributed by atoms with Crippen LogP contribution < -0.4 is 5.32 Å². The molecule has 0 spiro atoms. The lowest BCUT2D eigenvalue weighted by Crippen LogP contribution is -2.30. The quantitative estimate of drug-likeness (QED) is 0.724. The van der Waals surface area contributed by atoms with Crippen LogP contribution in [-0.4, -0.2) is 34.2 Å². The summed E-state index contributed by atoms with van der Waals surface area (Å²) in [5.74, 6) is 0.167. The van der Waals surface area contributed by atoms with Gasteiger partial charge in [0.15, 0.2) is 0 Å². The second-order valence-electron chi connectivity index (χ2n) is 6.73. The fraction of sp³-hybridized carbons (Fsp3) is 0.238. The van der Waals surface area contributed by atoms with Crippen molar-refractivity contribution < 1.29 is 9.18 Å². The van der Waals surface area contributed by atoms with Crippen molar-refractivity contribution in [2.75, 3.05) is 18.9 Å². The highest BCUT2D eigenvalue weighted by Gasteiger charge is 2.13. The third-order valence-corrected chi connectivity index (χ3v) is 4.19. The van der Waals surface area contributed by atoms with Gasteiger partial charge >= 0.3 is 0 Å². The Balaban J connectivity index is 1.67. The molecule has 0 bridgehead atoms. The van der Waals surface area contributed by atoms with Gasteiger partial charge in [0.2, 0.25) is 5.91 Å². The van der Waals surface area contributed by atoms with Crippen LogP contribution in [0.2, 0.25) is 0 Å². The lowest BCUT2D eigenvalue weighted by atomic mass is 10.2.